The fourth-order valence-electron chi connectivity index (χ4n) is 0.303. The van der Waals surface area contributed by atoms with Crippen LogP contribution in [0.3, 0.4) is 0 Å². The Morgan fingerprint density at radius 2 is 1.88 bits per heavy atom. The maximum atomic E-state index is 10.3. The van der Waals surface area contributed by atoms with Gasteiger partial charge >= 0.3 is 7.50 Å². The van der Waals surface area contributed by atoms with Crippen LogP contribution >= 0.6 is 7.58 Å². The topological polar surface area (TPSA) is 40.1 Å². The Morgan fingerprint density at radius 1 is 1.38 bits per heavy atom. The summed E-state index contributed by atoms with van der Waals surface area (Å²) in [4.78, 5) is 10.3. The van der Waals surface area contributed by atoms with Crippen LogP contribution in [0.1, 0.15) is 0 Å². The van der Waals surface area contributed by atoms with Crippen molar-refractivity contribution in [3.05, 3.63) is 0 Å². The molecule has 1 unspecified atom stereocenters. The van der Waals surface area contributed by atoms with E-state index in [1.165, 1.54) is 0 Å². The zero-order chi connectivity index (χ0) is 5.98. The van der Waals surface area contributed by atoms with Crippen molar-refractivity contribution < 1.29 is 9.46 Å². The Morgan fingerprint density at radius 3 is 2.12 bits per heavy atom. The second-order valence-corrected chi connectivity index (χ2v) is 24.8. The van der Waals surface area contributed by atoms with E-state index in [0.29, 0.717) is 0 Å². The monoisotopic (exact) mass is 203 g/mol. The first kappa shape index (κ1) is 7.25. The van der Waals surface area contributed by atoms with Crippen LogP contribution in [0, 0.1) is 0 Å². The van der Waals surface area contributed by atoms with Gasteiger partial charge in [0, 0.05) is 17.1 Å². The van der Waals surface area contributed by atoms with Gasteiger partial charge in [-0.3, -0.25) is 0 Å². The molecule has 1 fully saturated rings. The zero-order valence-electron chi connectivity index (χ0n) is 3.76. The summed E-state index contributed by atoms with van der Waals surface area (Å²) in [6.07, 6.45) is 0. The van der Waals surface area contributed by atoms with Crippen molar-refractivity contribution in [1.29, 1.82) is 0 Å². The number of hydrogen-bond acceptors (Lipinski definition) is 2. The van der Waals surface area contributed by atoms with Crippen molar-refractivity contribution in [2.75, 3.05) is 0 Å². The zero-order valence-corrected chi connectivity index (χ0v) is 9.66. The average molecular weight is 203 g/mol. The van der Waals surface area contributed by atoms with Gasteiger partial charge in [-0.1, -0.05) is 4.57 Å². The van der Waals surface area contributed by atoms with Crippen molar-refractivity contribution in [2.24, 2.45) is 0 Å². The fourth-order valence-corrected chi connectivity index (χ4v) is 58.9. The SMILES string of the molecule is O=[P+]([O-])[Si]1[Si][Si][Si][Si]1. The van der Waals surface area contributed by atoms with Crippen LogP contribution < -0.4 is 4.89 Å². The molecule has 0 aromatic rings. The van der Waals surface area contributed by atoms with Crippen LogP contribution in [0.25, 0.3) is 0 Å². The summed E-state index contributed by atoms with van der Waals surface area (Å²) in [7, 11) is 0.942. The van der Waals surface area contributed by atoms with Crippen molar-refractivity contribution in [2.45, 2.75) is 0 Å². The Labute approximate surface area is 59.0 Å². The highest BCUT2D eigenvalue weighted by Gasteiger charge is 2.32. The highest BCUT2D eigenvalue weighted by molar-refractivity contribution is 8.08. The molecule has 9 radical (unpaired) electrons. The molecule has 1 aliphatic heterocycles. The first-order chi connectivity index (χ1) is 3.80. The summed E-state index contributed by atoms with van der Waals surface area (Å²) < 4.78 is 10.3. The maximum absolute atomic E-state index is 10.3. The standard InChI is InChI=1S/O2PSi5/c1-3(2)8-6-4-5-7-8. The molecule has 0 aliphatic carbocycles. The van der Waals surface area contributed by atoms with Crippen LogP contribution in [-0.4, -0.2) is 41.7 Å². The second-order valence-electron chi connectivity index (χ2n) is 1.11. The third-order valence-corrected chi connectivity index (χ3v) is 39.3. The van der Waals surface area contributed by atoms with E-state index >= 15 is 0 Å². The molecule has 37 valence electrons. The molecule has 8 heteroatoms. The lowest BCUT2D eigenvalue weighted by molar-refractivity contribution is -0.158. The molecule has 0 N–H and O–H groups in total. The van der Waals surface area contributed by atoms with Gasteiger partial charge in [-0.05, 0) is 0 Å². The Balaban J connectivity index is 2.35. The van der Waals surface area contributed by atoms with E-state index in [4.69, 9.17) is 0 Å². The van der Waals surface area contributed by atoms with Gasteiger partial charge in [-0.2, -0.15) is 0 Å². The summed E-state index contributed by atoms with van der Waals surface area (Å²) in [5.41, 5.74) is 0. The largest absolute Gasteiger partial charge is 0.610 e. The fraction of sp³-hybridized carbons (Fsp3) is 0. The molecular weight excluding hydrogens is 203 g/mol. The molecule has 0 aromatic carbocycles. The minimum atomic E-state index is -1.96. The average Bonchev–Trinajstić information content (AvgIpc) is 2.12. The molecule has 1 aliphatic rings. The minimum Gasteiger partial charge on any atom is -0.610 e. The highest BCUT2D eigenvalue weighted by Crippen LogP contribution is 2.11. The molecular formula is O2PSi5. The lowest BCUT2D eigenvalue weighted by atomic mass is 15.9. The predicted molar refractivity (Wildman–Crippen MR) is 36.4 cm³/mol. The third kappa shape index (κ3) is 1.83. The van der Waals surface area contributed by atoms with Crippen molar-refractivity contribution in [3.8, 4) is 0 Å². The van der Waals surface area contributed by atoms with E-state index in [-0.39, 0.29) is 0 Å². The molecule has 1 rings (SSSR count). The molecule has 1 atom stereocenters. The molecule has 0 aromatic heterocycles. The molecule has 0 spiro atoms. The van der Waals surface area contributed by atoms with E-state index in [0.717, 1.165) is 34.2 Å². The Bertz CT molecular complexity index is 96.6. The number of hydrogen-bond donors (Lipinski definition) is 0. The first-order valence-corrected chi connectivity index (χ1v) is 14.4. The predicted octanol–water partition coefficient (Wildman–Crippen LogP) is -2.35. The van der Waals surface area contributed by atoms with Crippen molar-refractivity contribution in [1.82, 2.24) is 0 Å². The quantitative estimate of drug-likeness (QED) is 0.354. The number of rotatable bonds is 1. The van der Waals surface area contributed by atoms with Gasteiger partial charge in [0.05, 0.1) is 17.1 Å². The summed E-state index contributed by atoms with van der Waals surface area (Å²) in [6, 6.07) is 0. The van der Waals surface area contributed by atoms with Gasteiger partial charge in [-0.25, -0.2) is 0 Å². The molecule has 0 bridgehead atoms. The normalized spacial score (nSPS) is 23.9. The van der Waals surface area contributed by atoms with E-state index in [1.54, 1.807) is 0 Å². The smallest absolute Gasteiger partial charge is 0.317 e. The van der Waals surface area contributed by atoms with Crippen LogP contribution in [0.4, 0.5) is 0 Å². The molecule has 2 nitrogen and oxygen atoms in total. The summed E-state index contributed by atoms with van der Waals surface area (Å²) >= 11 is 0. The van der Waals surface area contributed by atoms with Crippen LogP contribution in [0.15, 0.2) is 0 Å². The Hall–Kier alpha value is 1.14. The third-order valence-electron chi connectivity index (χ3n) is 0.607. The molecule has 8 heavy (non-hydrogen) atoms. The summed E-state index contributed by atoms with van der Waals surface area (Å²) in [5.74, 6) is 0. The van der Waals surface area contributed by atoms with Crippen LogP contribution in [-0.2, 0) is 4.57 Å². The molecule has 0 saturated carbocycles. The van der Waals surface area contributed by atoms with Gasteiger partial charge in [0.15, 0.2) is 0 Å². The molecule has 0 amide bonds. The maximum Gasteiger partial charge on any atom is 0.317 e. The van der Waals surface area contributed by atoms with Gasteiger partial charge in [0.2, 0.25) is 7.58 Å². The minimum absolute atomic E-state index is 0.795. The van der Waals surface area contributed by atoms with Crippen molar-refractivity contribution >= 4 is 49.3 Å². The summed E-state index contributed by atoms with van der Waals surface area (Å²) in [5, 5.41) is 0. The van der Waals surface area contributed by atoms with Gasteiger partial charge in [0.1, 0.15) is 0 Å². The Kier molecular flexibility index (Phi) is 3.03. The molecule has 1 saturated heterocycles. The van der Waals surface area contributed by atoms with E-state index in [1.807, 2.05) is 0 Å². The van der Waals surface area contributed by atoms with Crippen LogP contribution in [0.2, 0.25) is 0 Å². The molecule has 1 heterocycles. The van der Waals surface area contributed by atoms with Gasteiger partial charge < -0.3 is 4.89 Å². The van der Waals surface area contributed by atoms with E-state index < -0.39 is 15.1 Å². The second kappa shape index (κ2) is 3.35. The van der Waals surface area contributed by atoms with Crippen LogP contribution in [0.5, 0.6) is 0 Å². The summed E-state index contributed by atoms with van der Waals surface area (Å²) in [6.45, 7) is 0. The van der Waals surface area contributed by atoms with Crippen molar-refractivity contribution in [3.63, 3.8) is 0 Å². The van der Waals surface area contributed by atoms with E-state index in [9.17, 15) is 9.46 Å². The van der Waals surface area contributed by atoms with Gasteiger partial charge in [0.25, 0.3) is 0 Å². The lowest BCUT2D eigenvalue weighted by Crippen LogP contribution is -2.23. The first-order valence-electron chi connectivity index (χ1n) is 1.84. The van der Waals surface area contributed by atoms with E-state index in [2.05, 4.69) is 0 Å². The lowest BCUT2D eigenvalue weighted by Gasteiger charge is -1.88. The van der Waals surface area contributed by atoms with Gasteiger partial charge in [-0.15, -0.1) is 0 Å². The highest BCUT2D eigenvalue weighted by atomic mass is 31.4.